The van der Waals surface area contributed by atoms with Gasteiger partial charge in [0.2, 0.25) is 0 Å². The Kier molecular flexibility index (Phi) is 4.92. The molecule has 1 fully saturated rings. The molecule has 3 atom stereocenters. The molecule has 0 bridgehead atoms. The van der Waals surface area contributed by atoms with Crippen molar-refractivity contribution in [3.8, 4) is 17.0 Å². The number of aliphatic hydroxyl groups is 1. The Labute approximate surface area is 178 Å². The summed E-state index contributed by atoms with van der Waals surface area (Å²) in [7, 11) is 1.88. The number of ether oxygens (including phenoxy) is 1. The number of pyridine rings is 1. The standard InChI is InChI=1S/C22H22ClN5O2/c1-27-13-14(11-25-27)22-17-12-24-21(23)10-18(17)28(26-22)15-7-8-20(19(29)9-15)30-16-5-3-2-4-6-16/h2-6,10-13,15,19-20,29H,7-9H2,1H3. The van der Waals surface area contributed by atoms with Crippen molar-refractivity contribution in [1.82, 2.24) is 24.5 Å². The Hall–Kier alpha value is -2.90. The number of aromatic nitrogens is 5. The van der Waals surface area contributed by atoms with Crippen LogP contribution in [-0.2, 0) is 7.05 Å². The van der Waals surface area contributed by atoms with E-state index in [2.05, 4.69) is 10.1 Å². The van der Waals surface area contributed by atoms with Gasteiger partial charge < -0.3 is 9.84 Å². The lowest BCUT2D eigenvalue weighted by Gasteiger charge is -2.33. The van der Waals surface area contributed by atoms with E-state index in [-0.39, 0.29) is 12.1 Å². The van der Waals surface area contributed by atoms with Crippen LogP contribution in [0.15, 0.2) is 55.0 Å². The SMILES string of the molecule is Cn1cc(-c2nn(C3CCC(Oc4ccccc4)C(O)C3)c3cc(Cl)ncc23)cn1. The van der Waals surface area contributed by atoms with Crippen molar-refractivity contribution in [2.75, 3.05) is 0 Å². The third-order valence-corrected chi connectivity index (χ3v) is 5.85. The fourth-order valence-electron chi connectivity index (χ4n) is 4.17. The highest BCUT2D eigenvalue weighted by atomic mass is 35.5. The lowest BCUT2D eigenvalue weighted by atomic mass is 9.90. The highest BCUT2D eigenvalue weighted by Gasteiger charge is 2.33. The van der Waals surface area contributed by atoms with Crippen molar-refractivity contribution in [3.05, 3.63) is 60.1 Å². The molecule has 5 rings (SSSR count). The largest absolute Gasteiger partial charge is 0.488 e. The summed E-state index contributed by atoms with van der Waals surface area (Å²) in [5.41, 5.74) is 2.65. The zero-order chi connectivity index (χ0) is 20.7. The van der Waals surface area contributed by atoms with E-state index in [1.54, 1.807) is 17.1 Å². The Morgan fingerprint density at radius 1 is 1.17 bits per heavy atom. The van der Waals surface area contributed by atoms with Crippen LogP contribution < -0.4 is 4.74 Å². The molecule has 0 amide bonds. The van der Waals surface area contributed by atoms with Crippen LogP contribution in [0.3, 0.4) is 0 Å². The molecule has 1 saturated carbocycles. The van der Waals surface area contributed by atoms with Gasteiger partial charge in [0.25, 0.3) is 0 Å². The van der Waals surface area contributed by atoms with Crippen molar-refractivity contribution < 1.29 is 9.84 Å². The van der Waals surface area contributed by atoms with Crippen LogP contribution >= 0.6 is 11.6 Å². The quantitative estimate of drug-likeness (QED) is 0.501. The minimum atomic E-state index is -0.581. The van der Waals surface area contributed by atoms with Crippen molar-refractivity contribution in [3.63, 3.8) is 0 Å². The molecule has 8 heteroatoms. The van der Waals surface area contributed by atoms with Crippen LogP contribution in [0.4, 0.5) is 0 Å². The molecular weight excluding hydrogens is 402 g/mol. The first-order chi connectivity index (χ1) is 14.6. The van der Waals surface area contributed by atoms with Gasteiger partial charge in [-0.3, -0.25) is 9.36 Å². The molecule has 1 aromatic carbocycles. The summed E-state index contributed by atoms with van der Waals surface area (Å²) in [6, 6.07) is 11.5. The number of aryl methyl sites for hydroxylation is 1. The molecule has 3 aromatic heterocycles. The van der Waals surface area contributed by atoms with Crippen LogP contribution in [0.1, 0.15) is 25.3 Å². The third-order valence-electron chi connectivity index (χ3n) is 5.64. The zero-order valence-corrected chi connectivity index (χ0v) is 17.3. The molecule has 3 heterocycles. The second-order valence-electron chi connectivity index (χ2n) is 7.72. The van der Waals surface area contributed by atoms with E-state index in [0.717, 1.165) is 40.8 Å². The molecule has 0 saturated heterocycles. The summed E-state index contributed by atoms with van der Waals surface area (Å²) in [6.45, 7) is 0. The first kappa shape index (κ1) is 19.1. The average molecular weight is 424 g/mol. The van der Waals surface area contributed by atoms with Crippen LogP contribution in [0.2, 0.25) is 5.15 Å². The molecule has 0 radical (unpaired) electrons. The third kappa shape index (κ3) is 3.55. The van der Waals surface area contributed by atoms with E-state index in [1.807, 2.05) is 54.3 Å². The van der Waals surface area contributed by atoms with Gasteiger partial charge in [-0.1, -0.05) is 29.8 Å². The van der Waals surface area contributed by atoms with Gasteiger partial charge in [0, 0.05) is 36.5 Å². The highest BCUT2D eigenvalue weighted by molar-refractivity contribution is 6.30. The Morgan fingerprint density at radius 3 is 2.73 bits per heavy atom. The number of halogens is 1. The van der Waals surface area contributed by atoms with E-state index in [0.29, 0.717) is 11.6 Å². The molecule has 1 aliphatic carbocycles. The van der Waals surface area contributed by atoms with E-state index < -0.39 is 6.10 Å². The monoisotopic (exact) mass is 423 g/mol. The highest BCUT2D eigenvalue weighted by Crippen LogP contribution is 2.36. The Balaban J connectivity index is 1.44. The smallest absolute Gasteiger partial charge is 0.131 e. The van der Waals surface area contributed by atoms with E-state index in [4.69, 9.17) is 21.4 Å². The number of hydrogen-bond acceptors (Lipinski definition) is 5. The van der Waals surface area contributed by atoms with Crippen molar-refractivity contribution in [1.29, 1.82) is 0 Å². The second-order valence-corrected chi connectivity index (χ2v) is 8.11. The van der Waals surface area contributed by atoms with Gasteiger partial charge in [-0.2, -0.15) is 10.2 Å². The second kappa shape index (κ2) is 7.74. The average Bonchev–Trinajstić information content (AvgIpc) is 3.33. The first-order valence-corrected chi connectivity index (χ1v) is 10.4. The van der Waals surface area contributed by atoms with Crippen LogP contribution in [-0.4, -0.2) is 41.9 Å². The maximum atomic E-state index is 10.8. The lowest BCUT2D eigenvalue weighted by molar-refractivity contribution is -0.00946. The molecule has 4 aromatic rings. The topological polar surface area (TPSA) is 78.0 Å². The van der Waals surface area contributed by atoms with E-state index >= 15 is 0 Å². The summed E-state index contributed by atoms with van der Waals surface area (Å²) >= 11 is 6.19. The van der Waals surface area contributed by atoms with Crippen molar-refractivity contribution >= 4 is 22.5 Å². The van der Waals surface area contributed by atoms with E-state index in [9.17, 15) is 5.11 Å². The molecule has 0 spiro atoms. The number of para-hydroxylation sites is 1. The molecule has 1 aliphatic rings. The summed E-state index contributed by atoms with van der Waals surface area (Å²) in [5.74, 6) is 0.779. The summed E-state index contributed by atoms with van der Waals surface area (Å²) < 4.78 is 9.74. The number of hydrogen-bond donors (Lipinski definition) is 1. The first-order valence-electron chi connectivity index (χ1n) is 10.0. The number of rotatable bonds is 4. The molecule has 0 aliphatic heterocycles. The van der Waals surface area contributed by atoms with Gasteiger partial charge in [-0.15, -0.1) is 0 Å². The van der Waals surface area contributed by atoms with Gasteiger partial charge in [-0.05, 0) is 31.4 Å². The fourth-order valence-corrected chi connectivity index (χ4v) is 4.33. The summed E-state index contributed by atoms with van der Waals surface area (Å²) in [5, 5.41) is 21.3. The fraction of sp³-hybridized carbons (Fsp3) is 0.318. The molecule has 154 valence electrons. The number of aliphatic hydroxyl groups excluding tert-OH is 1. The van der Waals surface area contributed by atoms with Gasteiger partial charge >= 0.3 is 0 Å². The van der Waals surface area contributed by atoms with Crippen LogP contribution in [0.5, 0.6) is 5.75 Å². The maximum absolute atomic E-state index is 10.8. The number of nitrogens with zero attached hydrogens (tertiary/aromatic N) is 5. The van der Waals surface area contributed by atoms with Gasteiger partial charge in [-0.25, -0.2) is 4.98 Å². The Morgan fingerprint density at radius 2 is 2.00 bits per heavy atom. The maximum Gasteiger partial charge on any atom is 0.131 e. The summed E-state index contributed by atoms with van der Waals surface area (Å²) in [6.07, 6.45) is 6.81. The normalized spacial score (nSPS) is 21.8. The van der Waals surface area contributed by atoms with Gasteiger partial charge in [0.05, 0.1) is 23.9 Å². The van der Waals surface area contributed by atoms with E-state index in [1.165, 1.54) is 0 Å². The molecule has 7 nitrogen and oxygen atoms in total. The molecule has 30 heavy (non-hydrogen) atoms. The van der Waals surface area contributed by atoms with Gasteiger partial charge in [0.15, 0.2) is 0 Å². The predicted molar refractivity (Wildman–Crippen MR) is 114 cm³/mol. The minimum absolute atomic E-state index is 0.0435. The number of benzene rings is 1. The van der Waals surface area contributed by atoms with Gasteiger partial charge in [0.1, 0.15) is 22.7 Å². The lowest BCUT2D eigenvalue weighted by Crippen LogP contribution is -2.38. The Bertz CT molecular complexity index is 1170. The molecule has 3 unspecified atom stereocenters. The molecular formula is C22H22ClN5O2. The summed E-state index contributed by atoms with van der Waals surface area (Å²) in [4.78, 5) is 4.25. The minimum Gasteiger partial charge on any atom is -0.488 e. The van der Waals surface area contributed by atoms with Crippen LogP contribution in [0.25, 0.3) is 22.2 Å². The van der Waals surface area contributed by atoms with Crippen LogP contribution in [0, 0.1) is 0 Å². The predicted octanol–water partition coefficient (Wildman–Crippen LogP) is 4.02. The van der Waals surface area contributed by atoms with Crippen molar-refractivity contribution in [2.24, 2.45) is 7.05 Å². The zero-order valence-electron chi connectivity index (χ0n) is 16.5. The molecule has 1 N–H and O–H groups in total. The van der Waals surface area contributed by atoms with Crippen molar-refractivity contribution in [2.45, 2.75) is 37.5 Å². The number of fused-ring (bicyclic) bond motifs is 1.